The molecule has 3 nitrogen and oxygen atoms in total. The van der Waals surface area contributed by atoms with Gasteiger partial charge in [0, 0.05) is 10.0 Å². The summed E-state index contributed by atoms with van der Waals surface area (Å²) in [5.74, 6) is 0.317. The highest BCUT2D eigenvalue weighted by Gasteiger charge is 2.24. The summed E-state index contributed by atoms with van der Waals surface area (Å²) in [4.78, 5) is 0. The number of aliphatic hydroxyl groups is 1. The third-order valence-corrected chi connectivity index (χ3v) is 3.93. The van der Waals surface area contributed by atoms with E-state index in [1.807, 2.05) is 18.2 Å². The van der Waals surface area contributed by atoms with Crippen molar-refractivity contribution in [3.05, 3.63) is 28.2 Å². The highest BCUT2D eigenvalue weighted by molar-refractivity contribution is 9.10. The molecule has 88 valence electrons. The van der Waals surface area contributed by atoms with Crippen LogP contribution in [0.1, 0.15) is 24.5 Å². The number of aliphatic hydroxyl groups excluding tert-OH is 1. The minimum Gasteiger partial charge on any atom is -0.398 e. The zero-order chi connectivity index (χ0) is 11.5. The molecule has 1 unspecified atom stereocenters. The molecule has 1 saturated heterocycles. The predicted octanol–water partition coefficient (Wildman–Crippen LogP) is 2.06. The van der Waals surface area contributed by atoms with E-state index in [0.717, 1.165) is 36.0 Å². The van der Waals surface area contributed by atoms with Crippen molar-refractivity contribution in [2.45, 2.75) is 18.9 Å². The van der Waals surface area contributed by atoms with Gasteiger partial charge in [-0.1, -0.05) is 12.1 Å². The van der Waals surface area contributed by atoms with Crippen molar-refractivity contribution in [1.82, 2.24) is 5.32 Å². The number of nitrogens with two attached hydrogens (primary N) is 1. The number of hydrogen-bond donors (Lipinski definition) is 3. The lowest BCUT2D eigenvalue weighted by Crippen LogP contribution is -2.31. The number of halogens is 1. The summed E-state index contributed by atoms with van der Waals surface area (Å²) >= 11 is 3.39. The third kappa shape index (κ3) is 2.39. The molecule has 0 saturated carbocycles. The molecule has 0 amide bonds. The van der Waals surface area contributed by atoms with Gasteiger partial charge < -0.3 is 16.2 Å². The van der Waals surface area contributed by atoms with Crippen LogP contribution in [0.4, 0.5) is 5.69 Å². The first kappa shape index (κ1) is 11.9. The standard InChI is InChI=1S/C12H17BrN2O/c13-10-3-1-2-9(11(10)14)12(16)8-4-6-15-7-5-8/h1-3,8,12,15-16H,4-7,14H2. The Bertz CT molecular complexity index is 364. The number of benzene rings is 1. The molecule has 1 aliphatic rings. The van der Waals surface area contributed by atoms with Crippen molar-refractivity contribution in [1.29, 1.82) is 0 Å². The fourth-order valence-corrected chi connectivity index (χ4v) is 2.61. The first-order valence-corrected chi connectivity index (χ1v) is 6.42. The van der Waals surface area contributed by atoms with E-state index in [1.54, 1.807) is 0 Å². The molecular weight excluding hydrogens is 268 g/mol. The van der Waals surface area contributed by atoms with E-state index in [0.29, 0.717) is 11.6 Å². The maximum absolute atomic E-state index is 10.3. The van der Waals surface area contributed by atoms with E-state index in [9.17, 15) is 5.11 Å². The number of anilines is 1. The summed E-state index contributed by atoms with van der Waals surface area (Å²) in [6.07, 6.45) is 1.57. The van der Waals surface area contributed by atoms with Gasteiger partial charge in [0.05, 0.1) is 11.8 Å². The molecule has 1 aliphatic heterocycles. The van der Waals surface area contributed by atoms with Crippen LogP contribution in [0, 0.1) is 5.92 Å². The Hall–Kier alpha value is -0.580. The van der Waals surface area contributed by atoms with Gasteiger partial charge in [-0.3, -0.25) is 0 Å². The second-order valence-electron chi connectivity index (χ2n) is 4.28. The van der Waals surface area contributed by atoms with E-state index in [4.69, 9.17) is 5.73 Å². The van der Waals surface area contributed by atoms with Crippen LogP contribution in [-0.2, 0) is 0 Å². The molecule has 0 aliphatic carbocycles. The van der Waals surface area contributed by atoms with Crippen molar-refractivity contribution in [2.75, 3.05) is 18.8 Å². The molecule has 0 spiro atoms. The average Bonchev–Trinajstić information content (AvgIpc) is 2.33. The zero-order valence-corrected chi connectivity index (χ0v) is 10.7. The molecule has 0 bridgehead atoms. The Balaban J connectivity index is 2.19. The Morgan fingerprint density at radius 2 is 2.06 bits per heavy atom. The fourth-order valence-electron chi connectivity index (χ4n) is 2.23. The van der Waals surface area contributed by atoms with Gasteiger partial charge in [-0.15, -0.1) is 0 Å². The van der Waals surface area contributed by atoms with Crippen molar-refractivity contribution >= 4 is 21.6 Å². The number of para-hydroxylation sites is 1. The first-order chi connectivity index (χ1) is 7.70. The number of piperidine rings is 1. The second kappa shape index (κ2) is 5.17. The fraction of sp³-hybridized carbons (Fsp3) is 0.500. The number of hydrogen-bond acceptors (Lipinski definition) is 3. The van der Waals surface area contributed by atoms with Crippen molar-refractivity contribution in [2.24, 2.45) is 5.92 Å². The predicted molar refractivity (Wildman–Crippen MR) is 69.1 cm³/mol. The van der Waals surface area contributed by atoms with Crippen LogP contribution < -0.4 is 11.1 Å². The van der Waals surface area contributed by atoms with Gasteiger partial charge in [-0.05, 0) is 53.8 Å². The quantitative estimate of drug-likeness (QED) is 0.729. The van der Waals surface area contributed by atoms with Crippen LogP contribution in [-0.4, -0.2) is 18.2 Å². The molecule has 16 heavy (non-hydrogen) atoms. The third-order valence-electron chi connectivity index (χ3n) is 3.24. The lowest BCUT2D eigenvalue weighted by Gasteiger charge is -2.28. The summed E-state index contributed by atoms with van der Waals surface area (Å²) < 4.78 is 0.859. The van der Waals surface area contributed by atoms with Crippen LogP contribution in [0.15, 0.2) is 22.7 Å². The number of nitrogens with one attached hydrogen (secondary N) is 1. The Kier molecular flexibility index (Phi) is 3.84. The summed E-state index contributed by atoms with van der Waals surface area (Å²) in [5, 5.41) is 13.6. The topological polar surface area (TPSA) is 58.3 Å². The highest BCUT2D eigenvalue weighted by atomic mass is 79.9. The van der Waals surface area contributed by atoms with Crippen LogP contribution in [0.25, 0.3) is 0 Å². The lowest BCUT2D eigenvalue weighted by atomic mass is 9.87. The minimum absolute atomic E-state index is 0.317. The Morgan fingerprint density at radius 1 is 1.38 bits per heavy atom. The van der Waals surface area contributed by atoms with Gasteiger partial charge >= 0.3 is 0 Å². The molecule has 0 aromatic heterocycles. The maximum Gasteiger partial charge on any atom is 0.0839 e. The molecule has 4 N–H and O–H groups in total. The van der Waals surface area contributed by atoms with Crippen molar-refractivity contribution in [3.63, 3.8) is 0 Å². The Morgan fingerprint density at radius 3 is 2.75 bits per heavy atom. The molecule has 0 radical (unpaired) electrons. The van der Waals surface area contributed by atoms with Crippen LogP contribution >= 0.6 is 15.9 Å². The second-order valence-corrected chi connectivity index (χ2v) is 5.13. The summed E-state index contributed by atoms with van der Waals surface area (Å²) in [5.41, 5.74) is 7.48. The van der Waals surface area contributed by atoms with Gasteiger partial charge in [0.15, 0.2) is 0 Å². The lowest BCUT2D eigenvalue weighted by molar-refractivity contribution is 0.0895. The van der Waals surface area contributed by atoms with Gasteiger partial charge in [0.2, 0.25) is 0 Å². The van der Waals surface area contributed by atoms with Gasteiger partial charge in [0.25, 0.3) is 0 Å². The van der Waals surface area contributed by atoms with Gasteiger partial charge in [0.1, 0.15) is 0 Å². The maximum atomic E-state index is 10.3. The number of rotatable bonds is 2. The van der Waals surface area contributed by atoms with Crippen LogP contribution in [0.5, 0.6) is 0 Å². The smallest absolute Gasteiger partial charge is 0.0839 e. The van der Waals surface area contributed by atoms with Gasteiger partial charge in [-0.25, -0.2) is 0 Å². The molecule has 1 fully saturated rings. The molecule has 1 aromatic rings. The van der Waals surface area contributed by atoms with Crippen molar-refractivity contribution in [3.8, 4) is 0 Å². The zero-order valence-electron chi connectivity index (χ0n) is 9.12. The molecule has 4 heteroatoms. The SMILES string of the molecule is Nc1c(Br)cccc1C(O)C1CCNCC1. The molecule has 2 rings (SSSR count). The molecular formula is C12H17BrN2O. The minimum atomic E-state index is -0.445. The van der Waals surface area contributed by atoms with E-state index >= 15 is 0 Å². The van der Waals surface area contributed by atoms with Crippen LogP contribution in [0.3, 0.4) is 0 Å². The molecule has 1 atom stereocenters. The summed E-state index contributed by atoms with van der Waals surface area (Å²) in [6.45, 7) is 1.96. The van der Waals surface area contributed by atoms with E-state index < -0.39 is 6.10 Å². The monoisotopic (exact) mass is 284 g/mol. The summed E-state index contributed by atoms with van der Waals surface area (Å²) in [7, 11) is 0. The van der Waals surface area contributed by atoms with E-state index in [2.05, 4.69) is 21.2 Å². The normalized spacial score (nSPS) is 19.6. The van der Waals surface area contributed by atoms with E-state index in [-0.39, 0.29) is 0 Å². The van der Waals surface area contributed by atoms with Crippen LogP contribution in [0.2, 0.25) is 0 Å². The van der Waals surface area contributed by atoms with E-state index in [1.165, 1.54) is 0 Å². The van der Waals surface area contributed by atoms with Crippen molar-refractivity contribution < 1.29 is 5.11 Å². The highest BCUT2D eigenvalue weighted by Crippen LogP contribution is 2.34. The number of nitrogen functional groups attached to an aromatic ring is 1. The molecule has 1 heterocycles. The molecule has 1 aromatic carbocycles. The first-order valence-electron chi connectivity index (χ1n) is 5.63. The largest absolute Gasteiger partial charge is 0.398 e. The van der Waals surface area contributed by atoms with Gasteiger partial charge in [-0.2, -0.15) is 0 Å². The Labute approximate surface area is 104 Å². The summed E-state index contributed by atoms with van der Waals surface area (Å²) in [6, 6.07) is 5.72. The average molecular weight is 285 g/mol.